The predicted octanol–water partition coefficient (Wildman–Crippen LogP) is 1.67. The van der Waals surface area contributed by atoms with E-state index in [1.54, 1.807) is 18.3 Å². The summed E-state index contributed by atoms with van der Waals surface area (Å²) >= 11 is 0. The Kier molecular flexibility index (Phi) is 4.16. The number of benzene rings is 1. The van der Waals surface area contributed by atoms with Crippen LogP contribution in [-0.2, 0) is 0 Å². The van der Waals surface area contributed by atoms with Gasteiger partial charge in [0.15, 0.2) is 11.6 Å². The SMILES string of the molecule is COc1cc(C(NN)c2c(C)ccnc2N)ccc1F. The number of halogens is 1. The molecule has 0 aliphatic carbocycles. The zero-order valence-corrected chi connectivity index (χ0v) is 11.4. The smallest absolute Gasteiger partial charge is 0.165 e. The number of aryl methyl sites for hydroxylation is 1. The largest absolute Gasteiger partial charge is 0.494 e. The zero-order valence-electron chi connectivity index (χ0n) is 11.4. The van der Waals surface area contributed by atoms with Crippen LogP contribution in [0.5, 0.6) is 5.75 Å². The summed E-state index contributed by atoms with van der Waals surface area (Å²) in [7, 11) is 1.41. The third-order valence-corrected chi connectivity index (χ3v) is 3.20. The van der Waals surface area contributed by atoms with Crippen molar-refractivity contribution in [3.05, 3.63) is 53.0 Å². The number of pyridine rings is 1. The molecule has 0 radical (unpaired) electrons. The van der Waals surface area contributed by atoms with Crippen molar-refractivity contribution in [1.82, 2.24) is 10.4 Å². The van der Waals surface area contributed by atoms with Crippen molar-refractivity contribution in [1.29, 1.82) is 0 Å². The van der Waals surface area contributed by atoms with E-state index < -0.39 is 11.9 Å². The van der Waals surface area contributed by atoms with Gasteiger partial charge in [-0.15, -0.1) is 0 Å². The van der Waals surface area contributed by atoms with E-state index in [9.17, 15) is 4.39 Å². The first-order valence-corrected chi connectivity index (χ1v) is 6.09. The maximum Gasteiger partial charge on any atom is 0.165 e. The van der Waals surface area contributed by atoms with Crippen LogP contribution in [0.15, 0.2) is 30.5 Å². The van der Waals surface area contributed by atoms with Gasteiger partial charge in [0.25, 0.3) is 0 Å². The molecule has 0 spiro atoms. The molecule has 5 nitrogen and oxygen atoms in total. The first kappa shape index (κ1) is 14.2. The van der Waals surface area contributed by atoms with Gasteiger partial charge >= 0.3 is 0 Å². The van der Waals surface area contributed by atoms with Gasteiger partial charge < -0.3 is 10.5 Å². The van der Waals surface area contributed by atoms with Crippen molar-refractivity contribution in [2.24, 2.45) is 5.84 Å². The lowest BCUT2D eigenvalue weighted by molar-refractivity contribution is 0.385. The van der Waals surface area contributed by atoms with E-state index in [1.807, 2.05) is 13.0 Å². The number of ether oxygens (including phenoxy) is 1. The number of nitrogens with two attached hydrogens (primary N) is 2. The zero-order chi connectivity index (χ0) is 14.7. The average Bonchev–Trinajstić information content (AvgIpc) is 2.44. The number of rotatable bonds is 4. The number of aromatic nitrogens is 1. The first-order chi connectivity index (χ1) is 9.58. The normalized spacial score (nSPS) is 12.2. The minimum Gasteiger partial charge on any atom is -0.494 e. The summed E-state index contributed by atoms with van der Waals surface area (Å²) in [6.07, 6.45) is 1.63. The fraction of sp³-hybridized carbons (Fsp3) is 0.214. The summed E-state index contributed by atoms with van der Waals surface area (Å²) in [6, 6.07) is 6.01. The van der Waals surface area contributed by atoms with Gasteiger partial charge in [0, 0.05) is 11.8 Å². The fourth-order valence-corrected chi connectivity index (χ4v) is 2.17. The average molecular weight is 276 g/mol. The molecule has 0 saturated carbocycles. The molecule has 1 atom stereocenters. The van der Waals surface area contributed by atoms with Gasteiger partial charge in [-0.1, -0.05) is 6.07 Å². The molecule has 1 unspecified atom stereocenters. The fourth-order valence-electron chi connectivity index (χ4n) is 2.17. The topological polar surface area (TPSA) is 86.2 Å². The summed E-state index contributed by atoms with van der Waals surface area (Å²) in [5.74, 6) is 5.75. The van der Waals surface area contributed by atoms with Crippen LogP contribution in [0.1, 0.15) is 22.7 Å². The molecule has 0 bridgehead atoms. The lowest BCUT2D eigenvalue weighted by Crippen LogP contribution is -2.30. The molecular formula is C14H17FN4O. The quantitative estimate of drug-likeness (QED) is 0.584. The van der Waals surface area contributed by atoms with Crippen LogP contribution < -0.4 is 21.7 Å². The molecule has 5 N–H and O–H groups in total. The van der Waals surface area contributed by atoms with Crippen molar-refractivity contribution in [2.75, 3.05) is 12.8 Å². The second-order valence-corrected chi connectivity index (χ2v) is 4.42. The number of hydrogen-bond acceptors (Lipinski definition) is 5. The van der Waals surface area contributed by atoms with Crippen LogP contribution >= 0.6 is 0 Å². The van der Waals surface area contributed by atoms with Crippen molar-refractivity contribution in [2.45, 2.75) is 13.0 Å². The monoisotopic (exact) mass is 276 g/mol. The van der Waals surface area contributed by atoms with Crippen molar-refractivity contribution < 1.29 is 9.13 Å². The van der Waals surface area contributed by atoms with E-state index in [-0.39, 0.29) is 5.75 Å². The molecular weight excluding hydrogens is 259 g/mol. The van der Waals surface area contributed by atoms with Crippen LogP contribution in [0.4, 0.5) is 10.2 Å². The molecule has 2 aromatic rings. The van der Waals surface area contributed by atoms with Gasteiger partial charge in [-0.25, -0.2) is 14.8 Å². The molecule has 0 fully saturated rings. The number of nitrogens with one attached hydrogen (secondary N) is 1. The minimum atomic E-state index is -0.428. The minimum absolute atomic E-state index is 0.155. The van der Waals surface area contributed by atoms with E-state index in [1.165, 1.54) is 13.2 Å². The van der Waals surface area contributed by atoms with Crippen molar-refractivity contribution in [3.63, 3.8) is 0 Å². The van der Waals surface area contributed by atoms with Gasteiger partial charge in [0.1, 0.15) is 5.82 Å². The van der Waals surface area contributed by atoms with E-state index in [0.29, 0.717) is 5.82 Å². The summed E-state index contributed by atoms with van der Waals surface area (Å²) in [5.41, 5.74) is 11.1. The van der Waals surface area contributed by atoms with Crippen molar-refractivity contribution >= 4 is 5.82 Å². The maximum atomic E-state index is 13.5. The molecule has 106 valence electrons. The van der Waals surface area contributed by atoms with Crippen LogP contribution in [0.2, 0.25) is 0 Å². The van der Waals surface area contributed by atoms with Gasteiger partial charge in [-0.05, 0) is 36.2 Å². The number of hydrogen-bond donors (Lipinski definition) is 3. The third-order valence-electron chi connectivity index (χ3n) is 3.20. The summed E-state index contributed by atoms with van der Waals surface area (Å²) in [6.45, 7) is 1.92. The molecule has 0 aliphatic heterocycles. The van der Waals surface area contributed by atoms with E-state index in [4.69, 9.17) is 16.3 Å². The highest BCUT2D eigenvalue weighted by Crippen LogP contribution is 2.30. The Morgan fingerprint density at radius 2 is 2.10 bits per heavy atom. The summed E-state index contributed by atoms with van der Waals surface area (Å²) in [5, 5.41) is 0. The van der Waals surface area contributed by atoms with Crippen LogP contribution in [0.3, 0.4) is 0 Å². The molecule has 0 aliphatic rings. The molecule has 1 aromatic heterocycles. The Labute approximate surface area is 116 Å². The second-order valence-electron chi connectivity index (χ2n) is 4.42. The summed E-state index contributed by atoms with van der Waals surface area (Å²) < 4.78 is 18.5. The standard InChI is InChI=1S/C14H17FN4O/c1-8-5-6-18-14(16)12(8)13(19-17)9-3-4-10(15)11(7-9)20-2/h3-7,13,19H,17H2,1-2H3,(H2,16,18). The lowest BCUT2D eigenvalue weighted by atomic mass is 9.96. The van der Waals surface area contributed by atoms with Gasteiger partial charge in [-0.3, -0.25) is 5.84 Å². The van der Waals surface area contributed by atoms with Gasteiger partial charge in [0.05, 0.1) is 13.2 Å². The lowest BCUT2D eigenvalue weighted by Gasteiger charge is -2.20. The summed E-state index contributed by atoms with van der Waals surface area (Å²) in [4.78, 5) is 4.07. The Morgan fingerprint density at radius 1 is 1.35 bits per heavy atom. The Morgan fingerprint density at radius 3 is 2.70 bits per heavy atom. The maximum absolute atomic E-state index is 13.5. The number of hydrazine groups is 1. The number of nitrogen functional groups attached to an aromatic ring is 1. The van der Waals surface area contributed by atoms with E-state index >= 15 is 0 Å². The Bertz CT molecular complexity index is 598. The Balaban J connectivity index is 2.53. The number of methoxy groups -OCH3 is 1. The molecule has 1 heterocycles. The van der Waals surface area contributed by atoms with Crippen molar-refractivity contribution in [3.8, 4) is 5.75 Å². The molecule has 6 heteroatoms. The van der Waals surface area contributed by atoms with Crippen LogP contribution in [0.25, 0.3) is 0 Å². The van der Waals surface area contributed by atoms with E-state index in [0.717, 1.165) is 16.7 Å². The highest BCUT2D eigenvalue weighted by molar-refractivity contribution is 5.50. The molecule has 20 heavy (non-hydrogen) atoms. The molecule has 0 saturated heterocycles. The number of nitrogens with zero attached hydrogens (tertiary/aromatic N) is 1. The highest BCUT2D eigenvalue weighted by Gasteiger charge is 2.19. The third kappa shape index (κ3) is 2.56. The molecule has 0 amide bonds. The van der Waals surface area contributed by atoms with Gasteiger partial charge in [0.2, 0.25) is 0 Å². The van der Waals surface area contributed by atoms with Crippen LogP contribution in [0, 0.1) is 12.7 Å². The van der Waals surface area contributed by atoms with Crippen LogP contribution in [-0.4, -0.2) is 12.1 Å². The first-order valence-electron chi connectivity index (χ1n) is 6.09. The molecule has 1 aromatic carbocycles. The van der Waals surface area contributed by atoms with E-state index in [2.05, 4.69) is 10.4 Å². The molecule has 2 rings (SSSR count). The van der Waals surface area contributed by atoms with Gasteiger partial charge in [-0.2, -0.15) is 0 Å². The number of anilines is 1. The Hall–Kier alpha value is -2.18. The second kappa shape index (κ2) is 5.85. The highest BCUT2D eigenvalue weighted by atomic mass is 19.1. The predicted molar refractivity (Wildman–Crippen MR) is 75.5 cm³/mol.